The van der Waals surface area contributed by atoms with Crippen LogP contribution in [0.25, 0.3) is 0 Å². The van der Waals surface area contributed by atoms with E-state index < -0.39 is 46.5 Å². The fourth-order valence-electron chi connectivity index (χ4n) is 5.57. The standard InChI is InChI=1S/C30H51NO9/c1-9-12-14-22(10-2)19-40-27(35)29(5,11-3)20-30(6,28(36)38-8)24(26(34)37-7)21(4)25(33)39-18-17-31-16-13-15-23(31)32/h21-22,24H,9-20H2,1-8H3. The van der Waals surface area contributed by atoms with Crippen LogP contribution in [-0.2, 0) is 42.9 Å². The molecule has 1 rings (SSSR count). The Hall–Kier alpha value is -2.65. The van der Waals surface area contributed by atoms with Crippen molar-refractivity contribution in [1.82, 2.24) is 4.90 Å². The zero-order valence-corrected chi connectivity index (χ0v) is 25.8. The average Bonchev–Trinajstić information content (AvgIpc) is 3.36. The molecule has 0 aromatic carbocycles. The molecular formula is C30H51NO9. The molecule has 0 spiro atoms. The second-order valence-corrected chi connectivity index (χ2v) is 11.5. The average molecular weight is 570 g/mol. The number of carbonyl (C=O) groups is 5. The summed E-state index contributed by atoms with van der Waals surface area (Å²) in [5.74, 6) is -4.84. The van der Waals surface area contributed by atoms with E-state index in [0.717, 1.165) is 32.1 Å². The Balaban J connectivity index is 3.19. The number of unbranched alkanes of at least 4 members (excludes halogenated alkanes) is 1. The van der Waals surface area contributed by atoms with Crippen molar-refractivity contribution in [1.29, 1.82) is 0 Å². The molecule has 1 amide bonds. The monoisotopic (exact) mass is 569 g/mol. The van der Waals surface area contributed by atoms with Crippen LogP contribution < -0.4 is 0 Å². The van der Waals surface area contributed by atoms with Gasteiger partial charge in [-0.2, -0.15) is 0 Å². The summed E-state index contributed by atoms with van der Waals surface area (Å²) in [5, 5.41) is 0. The highest BCUT2D eigenvalue weighted by Crippen LogP contribution is 2.46. The highest BCUT2D eigenvalue weighted by molar-refractivity contribution is 5.90. The summed E-state index contributed by atoms with van der Waals surface area (Å²) in [6, 6.07) is 0. The van der Waals surface area contributed by atoms with Gasteiger partial charge in [-0.3, -0.25) is 24.0 Å². The number of ether oxygens (including phenoxy) is 4. The van der Waals surface area contributed by atoms with Crippen LogP contribution in [0.4, 0.5) is 0 Å². The van der Waals surface area contributed by atoms with E-state index in [4.69, 9.17) is 18.9 Å². The van der Waals surface area contributed by atoms with Crippen molar-refractivity contribution in [2.75, 3.05) is 40.5 Å². The smallest absolute Gasteiger partial charge is 0.312 e. The molecule has 0 aromatic heterocycles. The number of hydrogen-bond acceptors (Lipinski definition) is 9. The molecule has 230 valence electrons. The molecular weight excluding hydrogens is 518 g/mol. The molecule has 1 aliphatic rings. The van der Waals surface area contributed by atoms with Crippen LogP contribution in [0, 0.1) is 28.6 Å². The highest BCUT2D eigenvalue weighted by Gasteiger charge is 2.56. The van der Waals surface area contributed by atoms with Crippen LogP contribution >= 0.6 is 0 Å². The Labute approximate surface area is 239 Å². The SMILES string of the molecule is CCCCC(CC)COC(=O)C(C)(CC)CC(C)(C(=O)OC)C(C(=O)OC)C(C)C(=O)OCCN1CCCC1=O. The number of carbonyl (C=O) groups excluding carboxylic acids is 5. The summed E-state index contributed by atoms with van der Waals surface area (Å²) in [4.78, 5) is 66.5. The van der Waals surface area contributed by atoms with Crippen molar-refractivity contribution in [3.63, 3.8) is 0 Å². The minimum atomic E-state index is -1.61. The molecule has 1 saturated heterocycles. The van der Waals surface area contributed by atoms with Gasteiger partial charge >= 0.3 is 23.9 Å². The fraction of sp³-hybridized carbons (Fsp3) is 0.833. The molecule has 10 heteroatoms. The van der Waals surface area contributed by atoms with Crippen LogP contribution in [0.5, 0.6) is 0 Å². The first-order valence-electron chi connectivity index (χ1n) is 14.6. The summed E-state index contributed by atoms with van der Waals surface area (Å²) >= 11 is 0. The minimum absolute atomic E-state index is 0.0103. The molecule has 1 aliphatic heterocycles. The van der Waals surface area contributed by atoms with Crippen LogP contribution in [0.3, 0.4) is 0 Å². The molecule has 5 unspecified atom stereocenters. The molecule has 1 fully saturated rings. The molecule has 0 bridgehead atoms. The van der Waals surface area contributed by atoms with E-state index in [-0.39, 0.29) is 38.0 Å². The predicted molar refractivity (Wildman–Crippen MR) is 149 cm³/mol. The van der Waals surface area contributed by atoms with E-state index in [0.29, 0.717) is 19.4 Å². The van der Waals surface area contributed by atoms with Crippen molar-refractivity contribution >= 4 is 29.8 Å². The quantitative estimate of drug-likeness (QED) is 0.175. The van der Waals surface area contributed by atoms with E-state index in [1.165, 1.54) is 28.1 Å². The summed E-state index contributed by atoms with van der Waals surface area (Å²) in [7, 11) is 2.38. The van der Waals surface area contributed by atoms with Crippen LogP contribution in [0.2, 0.25) is 0 Å². The van der Waals surface area contributed by atoms with Crippen LogP contribution in [0.15, 0.2) is 0 Å². The first-order chi connectivity index (χ1) is 18.8. The van der Waals surface area contributed by atoms with E-state index >= 15 is 0 Å². The lowest BCUT2D eigenvalue weighted by Crippen LogP contribution is -2.50. The third kappa shape index (κ3) is 9.20. The molecule has 0 saturated carbocycles. The summed E-state index contributed by atoms with van der Waals surface area (Å²) < 4.78 is 21.3. The number of nitrogens with zero attached hydrogens (tertiary/aromatic N) is 1. The third-order valence-electron chi connectivity index (χ3n) is 8.47. The maximum Gasteiger partial charge on any atom is 0.312 e. The largest absolute Gasteiger partial charge is 0.469 e. The summed E-state index contributed by atoms with van der Waals surface area (Å²) in [5.41, 5.74) is -2.75. The van der Waals surface area contributed by atoms with E-state index in [1.54, 1.807) is 11.8 Å². The molecule has 1 heterocycles. The summed E-state index contributed by atoms with van der Waals surface area (Å²) in [6.45, 7) is 11.8. The molecule has 0 N–H and O–H groups in total. The maximum atomic E-state index is 13.4. The second kappa shape index (κ2) is 16.6. The lowest BCUT2D eigenvalue weighted by Gasteiger charge is -2.41. The predicted octanol–water partition coefficient (Wildman–Crippen LogP) is 4.32. The number of esters is 4. The molecule has 40 heavy (non-hydrogen) atoms. The van der Waals surface area contributed by atoms with Crippen LogP contribution in [-0.4, -0.2) is 75.2 Å². The normalized spacial score (nSPS) is 18.6. The van der Waals surface area contributed by atoms with Gasteiger partial charge in [0.25, 0.3) is 0 Å². The van der Waals surface area contributed by atoms with Gasteiger partial charge in [0.05, 0.1) is 50.0 Å². The Morgan fingerprint density at radius 2 is 1.65 bits per heavy atom. The zero-order chi connectivity index (χ0) is 30.5. The molecule has 0 radical (unpaired) electrons. The first-order valence-corrected chi connectivity index (χ1v) is 14.6. The van der Waals surface area contributed by atoms with Crippen molar-refractivity contribution < 1.29 is 42.9 Å². The van der Waals surface area contributed by atoms with E-state index in [2.05, 4.69) is 13.8 Å². The Kier molecular flexibility index (Phi) is 14.7. The van der Waals surface area contributed by atoms with Crippen molar-refractivity contribution in [2.24, 2.45) is 28.6 Å². The van der Waals surface area contributed by atoms with Gasteiger partial charge in [-0.05, 0) is 45.4 Å². The number of amides is 1. The zero-order valence-electron chi connectivity index (χ0n) is 25.8. The number of likely N-dealkylation sites (tertiary alicyclic amines) is 1. The molecule has 10 nitrogen and oxygen atoms in total. The van der Waals surface area contributed by atoms with Gasteiger partial charge in [0.1, 0.15) is 6.61 Å². The van der Waals surface area contributed by atoms with Gasteiger partial charge in [-0.1, -0.05) is 47.0 Å². The second-order valence-electron chi connectivity index (χ2n) is 11.5. The Morgan fingerprint density at radius 3 is 2.15 bits per heavy atom. The van der Waals surface area contributed by atoms with Gasteiger partial charge in [0.2, 0.25) is 5.91 Å². The number of methoxy groups -OCH3 is 2. The highest BCUT2D eigenvalue weighted by atomic mass is 16.5. The van der Waals surface area contributed by atoms with Crippen molar-refractivity contribution in [3.05, 3.63) is 0 Å². The first kappa shape index (κ1) is 35.4. The fourth-order valence-corrected chi connectivity index (χ4v) is 5.57. The van der Waals surface area contributed by atoms with Crippen molar-refractivity contribution in [2.45, 2.75) is 92.9 Å². The Morgan fingerprint density at radius 1 is 0.975 bits per heavy atom. The lowest BCUT2D eigenvalue weighted by atomic mass is 9.62. The topological polar surface area (TPSA) is 126 Å². The van der Waals surface area contributed by atoms with Crippen molar-refractivity contribution in [3.8, 4) is 0 Å². The van der Waals surface area contributed by atoms with Gasteiger partial charge < -0.3 is 23.8 Å². The molecule has 0 aromatic rings. The van der Waals surface area contributed by atoms with Crippen LogP contribution in [0.1, 0.15) is 92.9 Å². The van der Waals surface area contributed by atoms with Gasteiger partial charge in [0.15, 0.2) is 0 Å². The summed E-state index contributed by atoms with van der Waals surface area (Å²) in [6.07, 6.45) is 5.41. The lowest BCUT2D eigenvalue weighted by molar-refractivity contribution is -0.179. The number of hydrogen-bond donors (Lipinski definition) is 0. The van der Waals surface area contributed by atoms with E-state index in [9.17, 15) is 24.0 Å². The number of rotatable bonds is 18. The van der Waals surface area contributed by atoms with Gasteiger partial charge in [-0.25, -0.2) is 0 Å². The van der Waals surface area contributed by atoms with E-state index in [1.807, 2.05) is 6.92 Å². The maximum absolute atomic E-state index is 13.4. The van der Waals surface area contributed by atoms with Gasteiger partial charge in [0, 0.05) is 13.0 Å². The Bertz CT molecular complexity index is 875. The van der Waals surface area contributed by atoms with Gasteiger partial charge in [-0.15, -0.1) is 0 Å². The molecule has 0 aliphatic carbocycles. The minimum Gasteiger partial charge on any atom is -0.469 e. The molecule has 5 atom stereocenters. The third-order valence-corrected chi connectivity index (χ3v) is 8.47.